The second kappa shape index (κ2) is 5.08. The second-order valence-corrected chi connectivity index (χ2v) is 4.07. The molecule has 4 nitrogen and oxygen atoms in total. The molecule has 92 valence electrons. The maximum atomic E-state index is 11.6. The van der Waals surface area contributed by atoms with E-state index in [1.807, 2.05) is 24.3 Å². The molecule has 1 unspecified atom stereocenters. The summed E-state index contributed by atoms with van der Waals surface area (Å²) in [6.07, 6.45) is 1.88. The number of nitrogens with zero attached hydrogens (tertiary/aromatic N) is 1. The molecular weight excluding hydrogens is 218 g/mol. The van der Waals surface area contributed by atoms with Gasteiger partial charge >= 0.3 is 5.97 Å². The molecule has 0 aliphatic carbocycles. The minimum atomic E-state index is -0.154. The summed E-state index contributed by atoms with van der Waals surface area (Å²) in [5.74, 6) is 0.667. The van der Waals surface area contributed by atoms with E-state index < -0.39 is 0 Å². The largest absolute Gasteiger partial charge is 0.497 e. The summed E-state index contributed by atoms with van der Waals surface area (Å²) in [4.78, 5) is 13.7. The standard InChI is InChI=1S/C13H17NO3/c1-16-11-7-5-10(6-8-11)14-9-3-4-12(14)13(15)17-2/h5-8,12H,3-4,9H2,1-2H3. The summed E-state index contributed by atoms with van der Waals surface area (Å²) < 4.78 is 9.94. The molecule has 1 heterocycles. The summed E-state index contributed by atoms with van der Waals surface area (Å²) in [7, 11) is 3.08. The minimum Gasteiger partial charge on any atom is -0.497 e. The van der Waals surface area contributed by atoms with Gasteiger partial charge in [0.1, 0.15) is 11.8 Å². The third-order valence-electron chi connectivity index (χ3n) is 3.13. The first kappa shape index (κ1) is 11.8. The van der Waals surface area contributed by atoms with Crippen molar-refractivity contribution in [3.63, 3.8) is 0 Å². The first-order valence-electron chi connectivity index (χ1n) is 5.75. The van der Waals surface area contributed by atoms with Crippen LogP contribution in [0.25, 0.3) is 0 Å². The summed E-state index contributed by atoms with van der Waals surface area (Å²) in [6, 6.07) is 7.61. The van der Waals surface area contributed by atoms with Crippen LogP contribution < -0.4 is 9.64 Å². The van der Waals surface area contributed by atoms with Crippen molar-refractivity contribution < 1.29 is 14.3 Å². The van der Waals surface area contributed by atoms with Gasteiger partial charge in [0.25, 0.3) is 0 Å². The van der Waals surface area contributed by atoms with Crippen molar-refractivity contribution in [1.82, 2.24) is 0 Å². The van der Waals surface area contributed by atoms with E-state index in [0.717, 1.165) is 30.8 Å². The van der Waals surface area contributed by atoms with Crippen LogP contribution in [0.15, 0.2) is 24.3 Å². The molecule has 0 aromatic heterocycles. The molecule has 0 N–H and O–H groups in total. The van der Waals surface area contributed by atoms with Gasteiger partial charge in [0, 0.05) is 12.2 Å². The number of hydrogen-bond acceptors (Lipinski definition) is 4. The van der Waals surface area contributed by atoms with Crippen LogP contribution in [0.4, 0.5) is 5.69 Å². The number of hydrogen-bond donors (Lipinski definition) is 0. The quantitative estimate of drug-likeness (QED) is 0.749. The zero-order valence-corrected chi connectivity index (χ0v) is 10.2. The highest BCUT2D eigenvalue weighted by molar-refractivity contribution is 5.80. The van der Waals surface area contributed by atoms with E-state index in [1.54, 1.807) is 7.11 Å². The van der Waals surface area contributed by atoms with Crippen molar-refractivity contribution in [2.45, 2.75) is 18.9 Å². The van der Waals surface area contributed by atoms with Crippen LogP contribution >= 0.6 is 0 Å². The third kappa shape index (κ3) is 2.35. The number of methoxy groups -OCH3 is 2. The van der Waals surface area contributed by atoms with Gasteiger partial charge in [-0.3, -0.25) is 0 Å². The van der Waals surface area contributed by atoms with Gasteiger partial charge in [-0.1, -0.05) is 0 Å². The van der Waals surface area contributed by atoms with E-state index in [-0.39, 0.29) is 12.0 Å². The number of anilines is 1. The van der Waals surface area contributed by atoms with Gasteiger partial charge in [-0.2, -0.15) is 0 Å². The molecule has 1 saturated heterocycles. The van der Waals surface area contributed by atoms with Gasteiger partial charge in [-0.05, 0) is 37.1 Å². The fraction of sp³-hybridized carbons (Fsp3) is 0.462. The predicted octanol–water partition coefficient (Wildman–Crippen LogP) is 1.84. The molecule has 4 heteroatoms. The summed E-state index contributed by atoms with van der Waals surface area (Å²) >= 11 is 0. The molecule has 1 aromatic rings. The maximum absolute atomic E-state index is 11.6. The lowest BCUT2D eigenvalue weighted by Crippen LogP contribution is -2.36. The highest BCUT2D eigenvalue weighted by Gasteiger charge is 2.31. The van der Waals surface area contributed by atoms with E-state index in [0.29, 0.717) is 0 Å². The lowest BCUT2D eigenvalue weighted by atomic mass is 10.2. The zero-order chi connectivity index (χ0) is 12.3. The Bertz CT molecular complexity index is 388. The average molecular weight is 235 g/mol. The maximum Gasteiger partial charge on any atom is 0.328 e. The van der Waals surface area contributed by atoms with Crippen molar-refractivity contribution in [2.75, 3.05) is 25.7 Å². The van der Waals surface area contributed by atoms with Crippen LogP contribution in [0, 0.1) is 0 Å². The number of carbonyl (C=O) groups is 1. The Kier molecular flexibility index (Phi) is 3.52. The highest BCUT2D eigenvalue weighted by atomic mass is 16.5. The topological polar surface area (TPSA) is 38.8 Å². The van der Waals surface area contributed by atoms with Gasteiger partial charge < -0.3 is 14.4 Å². The van der Waals surface area contributed by atoms with Crippen molar-refractivity contribution in [3.8, 4) is 5.75 Å². The van der Waals surface area contributed by atoms with Crippen molar-refractivity contribution in [1.29, 1.82) is 0 Å². The van der Waals surface area contributed by atoms with Gasteiger partial charge in [-0.15, -0.1) is 0 Å². The monoisotopic (exact) mass is 235 g/mol. The fourth-order valence-corrected chi connectivity index (χ4v) is 2.23. The fourth-order valence-electron chi connectivity index (χ4n) is 2.23. The van der Waals surface area contributed by atoms with Crippen LogP contribution in [0.1, 0.15) is 12.8 Å². The van der Waals surface area contributed by atoms with Gasteiger partial charge in [0.15, 0.2) is 0 Å². The van der Waals surface area contributed by atoms with E-state index in [2.05, 4.69) is 4.90 Å². The Morgan fingerprint density at radius 2 is 2.00 bits per heavy atom. The van der Waals surface area contributed by atoms with E-state index in [9.17, 15) is 4.79 Å². The molecule has 0 amide bonds. The van der Waals surface area contributed by atoms with Crippen molar-refractivity contribution in [3.05, 3.63) is 24.3 Å². The van der Waals surface area contributed by atoms with Crippen molar-refractivity contribution in [2.24, 2.45) is 0 Å². The molecule has 0 spiro atoms. The molecule has 0 saturated carbocycles. The minimum absolute atomic E-state index is 0.145. The number of ether oxygens (including phenoxy) is 2. The Hall–Kier alpha value is -1.71. The van der Waals surface area contributed by atoms with Crippen LogP contribution in [0.3, 0.4) is 0 Å². The number of esters is 1. The molecule has 1 aliphatic heterocycles. The van der Waals surface area contributed by atoms with Gasteiger partial charge in [0.05, 0.1) is 14.2 Å². The Morgan fingerprint density at radius 1 is 1.29 bits per heavy atom. The zero-order valence-electron chi connectivity index (χ0n) is 10.2. The summed E-state index contributed by atoms with van der Waals surface area (Å²) in [5, 5.41) is 0. The Labute approximate surface area is 101 Å². The predicted molar refractivity (Wildman–Crippen MR) is 65.4 cm³/mol. The molecule has 17 heavy (non-hydrogen) atoms. The number of rotatable bonds is 3. The smallest absolute Gasteiger partial charge is 0.328 e. The van der Waals surface area contributed by atoms with E-state index >= 15 is 0 Å². The summed E-state index contributed by atoms with van der Waals surface area (Å²) in [5.41, 5.74) is 1.04. The second-order valence-electron chi connectivity index (χ2n) is 4.07. The Morgan fingerprint density at radius 3 is 2.59 bits per heavy atom. The van der Waals surface area contributed by atoms with Crippen LogP contribution in [0.2, 0.25) is 0 Å². The molecule has 0 radical (unpaired) electrons. The highest BCUT2D eigenvalue weighted by Crippen LogP contribution is 2.27. The SMILES string of the molecule is COC(=O)C1CCCN1c1ccc(OC)cc1. The number of benzene rings is 1. The van der Waals surface area contributed by atoms with Gasteiger partial charge in [0.2, 0.25) is 0 Å². The number of carbonyl (C=O) groups excluding carboxylic acids is 1. The normalized spacial score (nSPS) is 19.2. The van der Waals surface area contributed by atoms with Crippen molar-refractivity contribution >= 4 is 11.7 Å². The Balaban J connectivity index is 2.17. The molecule has 2 rings (SSSR count). The van der Waals surface area contributed by atoms with Gasteiger partial charge in [-0.25, -0.2) is 4.79 Å². The first-order valence-corrected chi connectivity index (χ1v) is 5.75. The molecule has 1 aromatic carbocycles. The molecule has 1 fully saturated rings. The van der Waals surface area contributed by atoms with Crippen LogP contribution in [-0.4, -0.2) is 32.8 Å². The van der Waals surface area contributed by atoms with E-state index in [4.69, 9.17) is 9.47 Å². The summed E-state index contributed by atoms with van der Waals surface area (Å²) in [6.45, 7) is 0.895. The van der Waals surface area contributed by atoms with Crippen LogP contribution in [-0.2, 0) is 9.53 Å². The lowest BCUT2D eigenvalue weighted by Gasteiger charge is -2.24. The molecular formula is C13H17NO3. The van der Waals surface area contributed by atoms with E-state index in [1.165, 1.54) is 7.11 Å². The molecule has 1 aliphatic rings. The van der Waals surface area contributed by atoms with Crippen LogP contribution in [0.5, 0.6) is 5.75 Å². The third-order valence-corrected chi connectivity index (χ3v) is 3.13. The lowest BCUT2D eigenvalue weighted by molar-refractivity contribution is -0.141. The molecule has 1 atom stereocenters. The average Bonchev–Trinajstić information content (AvgIpc) is 2.87. The molecule has 0 bridgehead atoms. The first-order chi connectivity index (χ1) is 8.26.